The molecule has 190 valence electrons. The van der Waals surface area contributed by atoms with Crippen molar-refractivity contribution >= 4 is 23.3 Å². The lowest BCUT2D eigenvalue weighted by Gasteiger charge is -2.36. The summed E-state index contributed by atoms with van der Waals surface area (Å²) in [5.74, 6) is 0.0813. The first-order chi connectivity index (χ1) is 17.5. The van der Waals surface area contributed by atoms with Crippen molar-refractivity contribution in [1.29, 1.82) is 0 Å². The van der Waals surface area contributed by atoms with E-state index in [4.69, 9.17) is 21.1 Å². The zero-order valence-electron chi connectivity index (χ0n) is 19.9. The van der Waals surface area contributed by atoms with E-state index in [1.54, 1.807) is 24.3 Å². The van der Waals surface area contributed by atoms with Crippen molar-refractivity contribution in [1.82, 2.24) is 14.5 Å². The number of aliphatic hydroxyl groups is 1. The summed E-state index contributed by atoms with van der Waals surface area (Å²) in [7, 11) is 1.58. The van der Waals surface area contributed by atoms with Crippen molar-refractivity contribution in [2.24, 2.45) is 0 Å². The summed E-state index contributed by atoms with van der Waals surface area (Å²) in [6, 6.07) is 7.85. The number of ether oxygens (including phenoxy) is 2. The third kappa shape index (κ3) is 4.97. The minimum atomic E-state index is -0.415. The molecule has 2 aliphatic heterocycles. The van der Waals surface area contributed by atoms with Crippen LogP contribution in [0.15, 0.2) is 42.7 Å². The number of nitrogens with zero attached hydrogens (tertiary/aromatic N) is 3. The number of aromatic nitrogens is 2. The molecule has 0 spiro atoms. The summed E-state index contributed by atoms with van der Waals surface area (Å²) in [4.78, 5) is 19.7. The third-order valence-electron chi connectivity index (χ3n) is 6.71. The zero-order chi connectivity index (χ0) is 25.2. The second-order valence-corrected chi connectivity index (χ2v) is 9.54. The number of nitrogens with one attached hydrogen (secondary N) is 1. The lowest BCUT2D eigenvalue weighted by atomic mass is 10.0. The number of hydrogen-bond donors (Lipinski definition) is 2. The molecule has 8 nitrogen and oxygen atoms in total. The van der Waals surface area contributed by atoms with Gasteiger partial charge >= 0.3 is 0 Å². The molecule has 0 aliphatic carbocycles. The average molecular weight is 515 g/mol. The highest BCUT2D eigenvalue weighted by Crippen LogP contribution is 2.33. The van der Waals surface area contributed by atoms with Crippen LogP contribution in [-0.4, -0.2) is 64.5 Å². The maximum absolute atomic E-state index is 14.0. The van der Waals surface area contributed by atoms with Crippen LogP contribution in [0.3, 0.4) is 0 Å². The SMILES string of the molecule is COCC1Cn2cc(-c3cc(NC4CCOC4)ncc3Cl)cc2C(=O)N1Cc1cc(F)ccc1CO. The van der Waals surface area contributed by atoms with Crippen LogP contribution in [0.2, 0.25) is 5.02 Å². The fourth-order valence-electron chi connectivity index (χ4n) is 4.84. The molecule has 0 saturated carbocycles. The van der Waals surface area contributed by atoms with Crippen molar-refractivity contribution in [3.8, 4) is 11.1 Å². The van der Waals surface area contributed by atoms with Gasteiger partial charge in [-0.05, 0) is 41.8 Å². The van der Waals surface area contributed by atoms with Crippen LogP contribution in [0.5, 0.6) is 0 Å². The van der Waals surface area contributed by atoms with Crippen LogP contribution in [-0.2, 0) is 29.2 Å². The molecule has 1 fully saturated rings. The Morgan fingerprint density at radius 2 is 2.17 bits per heavy atom. The van der Waals surface area contributed by atoms with Crippen LogP contribution < -0.4 is 5.32 Å². The predicted molar refractivity (Wildman–Crippen MR) is 133 cm³/mol. The van der Waals surface area contributed by atoms with Crippen LogP contribution in [0.1, 0.15) is 28.0 Å². The van der Waals surface area contributed by atoms with Gasteiger partial charge in [0.05, 0.1) is 36.9 Å². The minimum absolute atomic E-state index is 0.161. The van der Waals surface area contributed by atoms with Gasteiger partial charge in [-0.2, -0.15) is 0 Å². The smallest absolute Gasteiger partial charge is 0.271 e. The maximum Gasteiger partial charge on any atom is 0.271 e. The molecule has 1 aromatic carbocycles. The summed E-state index contributed by atoms with van der Waals surface area (Å²) >= 11 is 6.51. The Balaban J connectivity index is 1.45. The standard InChI is InChI=1S/C26H28ClFN4O4/c1-35-15-21-12-31-10-18(22-8-25(29-9-23(22)27)30-20-4-5-36-14-20)7-24(31)26(34)32(21)11-17-6-19(28)3-2-16(17)13-33/h2-3,6-10,20-21,33H,4-5,11-15H2,1H3,(H,29,30). The number of rotatable bonds is 8. The van der Waals surface area contributed by atoms with Gasteiger partial charge in [-0.3, -0.25) is 4.79 Å². The van der Waals surface area contributed by atoms with Crippen LogP contribution in [0.25, 0.3) is 11.1 Å². The first-order valence-electron chi connectivity index (χ1n) is 11.8. The van der Waals surface area contributed by atoms with Gasteiger partial charge in [0.2, 0.25) is 0 Å². The Morgan fingerprint density at radius 1 is 1.31 bits per heavy atom. The molecule has 2 atom stereocenters. The summed E-state index contributed by atoms with van der Waals surface area (Å²) < 4.78 is 26.7. The number of carbonyl (C=O) groups excluding carboxylic acids is 1. The highest BCUT2D eigenvalue weighted by atomic mass is 35.5. The number of hydrogen-bond acceptors (Lipinski definition) is 6. The molecular formula is C26H28ClFN4O4. The molecule has 36 heavy (non-hydrogen) atoms. The number of fused-ring (bicyclic) bond motifs is 1. The first kappa shape index (κ1) is 24.7. The summed E-state index contributed by atoms with van der Waals surface area (Å²) in [5.41, 5.74) is 3.22. The minimum Gasteiger partial charge on any atom is -0.392 e. The van der Waals surface area contributed by atoms with E-state index in [1.807, 2.05) is 22.9 Å². The van der Waals surface area contributed by atoms with E-state index in [1.165, 1.54) is 12.1 Å². The van der Waals surface area contributed by atoms with Crippen LogP contribution in [0.4, 0.5) is 10.2 Å². The van der Waals surface area contributed by atoms with Crippen LogP contribution in [0, 0.1) is 5.82 Å². The largest absolute Gasteiger partial charge is 0.392 e. The van der Waals surface area contributed by atoms with E-state index in [9.17, 15) is 14.3 Å². The van der Waals surface area contributed by atoms with Gasteiger partial charge in [-0.25, -0.2) is 9.37 Å². The molecule has 0 radical (unpaired) electrons. The molecule has 1 amide bonds. The number of pyridine rings is 1. The van der Waals surface area contributed by atoms with Gasteiger partial charge in [0, 0.05) is 50.3 Å². The number of aliphatic hydroxyl groups excluding tert-OH is 1. The second-order valence-electron chi connectivity index (χ2n) is 9.13. The summed E-state index contributed by atoms with van der Waals surface area (Å²) in [6.45, 7) is 2.10. The quantitative estimate of drug-likeness (QED) is 0.476. The van der Waals surface area contributed by atoms with Gasteiger partial charge in [-0.1, -0.05) is 17.7 Å². The van der Waals surface area contributed by atoms with E-state index in [2.05, 4.69) is 10.3 Å². The number of anilines is 1. The first-order valence-corrected chi connectivity index (χ1v) is 12.2. The van der Waals surface area contributed by atoms with Gasteiger partial charge < -0.3 is 29.4 Å². The Morgan fingerprint density at radius 3 is 2.92 bits per heavy atom. The van der Waals surface area contributed by atoms with Gasteiger partial charge in [-0.15, -0.1) is 0 Å². The molecule has 2 aromatic heterocycles. The average Bonchev–Trinajstić information content (AvgIpc) is 3.53. The molecule has 4 heterocycles. The molecule has 2 N–H and O–H groups in total. The zero-order valence-corrected chi connectivity index (χ0v) is 20.7. The van der Waals surface area contributed by atoms with E-state index in [0.717, 1.165) is 24.2 Å². The number of amides is 1. The Kier molecular flexibility index (Phi) is 7.25. The van der Waals surface area contributed by atoms with Crippen molar-refractivity contribution in [2.75, 3.05) is 32.2 Å². The van der Waals surface area contributed by atoms with Gasteiger partial charge in [0.15, 0.2) is 0 Å². The predicted octanol–water partition coefficient (Wildman–Crippen LogP) is 3.71. The highest BCUT2D eigenvalue weighted by Gasteiger charge is 2.34. The summed E-state index contributed by atoms with van der Waals surface area (Å²) in [5, 5.41) is 13.6. The second kappa shape index (κ2) is 10.6. The van der Waals surface area contributed by atoms with Crippen molar-refractivity contribution in [2.45, 2.75) is 38.2 Å². The van der Waals surface area contributed by atoms with E-state index in [0.29, 0.717) is 47.4 Å². The van der Waals surface area contributed by atoms with Crippen molar-refractivity contribution < 1.29 is 23.8 Å². The molecular weight excluding hydrogens is 487 g/mol. The van der Waals surface area contributed by atoms with Crippen LogP contribution >= 0.6 is 11.6 Å². The molecule has 3 aromatic rings. The topological polar surface area (TPSA) is 88.8 Å². The van der Waals surface area contributed by atoms with E-state index >= 15 is 0 Å². The molecule has 10 heteroatoms. The highest BCUT2D eigenvalue weighted by molar-refractivity contribution is 6.33. The van der Waals surface area contributed by atoms with Gasteiger partial charge in [0.1, 0.15) is 17.3 Å². The normalized spacial score (nSPS) is 19.6. The Bertz CT molecular complexity index is 1260. The fraction of sp³-hybridized carbons (Fsp3) is 0.385. The van der Waals surface area contributed by atoms with Gasteiger partial charge in [0.25, 0.3) is 5.91 Å². The molecule has 5 rings (SSSR count). The molecule has 2 unspecified atom stereocenters. The maximum atomic E-state index is 14.0. The molecule has 1 saturated heterocycles. The van der Waals surface area contributed by atoms with Crippen molar-refractivity contribution in [3.63, 3.8) is 0 Å². The van der Waals surface area contributed by atoms with E-state index in [-0.39, 0.29) is 31.1 Å². The Labute approximate surface area is 213 Å². The number of halogens is 2. The monoisotopic (exact) mass is 514 g/mol. The Hall–Kier alpha value is -2.98. The van der Waals surface area contributed by atoms with E-state index < -0.39 is 5.82 Å². The molecule has 0 bridgehead atoms. The fourth-order valence-corrected chi connectivity index (χ4v) is 5.05. The summed E-state index contributed by atoms with van der Waals surface area (Å²) in [6.07, 6.45) is 4.43. The lowest BCUT2D eigenvalue weighted by Crippen LogP contribution is -2.49. The number of carbonyl (C=O) groups is 1. The number of methoxy groups -OCH3 is 1. The lowest BCUT2D eigenvalue weighted by molar-refractivity contribution is 0.0386. The molecule has 2 aliphatic rings. The van der Waals surface area contributed by atoms with Crippen molar-refractivity contribution in [3.05, 3.63) is 70.4 Å². The third-order valence-corrected chi connectivity index (χ3v) is 7.01. The number of benzene rings is 1.